The van der Waals surface area contributed by atoms with E-state index in [1.54, 1.807) is 24.6 Å². The molecule has 3 N–H and O–H groups in total. The quantitative estimate of drug-likeness (QED) is 0.487. The van der Waals surface area contributed by atoms with Gasteiger partial charge in [0.2, 0.25) is 17.8 Å². The third-order valence-electron chi connectivity index (χ3n) is 8.34. The minimum absolute atomic E-state index is 0.0296. The molecule has 3 aliphatic carbocycles. The van der Waals surface area contributed by atoms with Crippen molar-refractivity contribution in [2.75, 3.05) is 23.7 Å². The van der Waals surface area contributed by atoms with Crippen molar-refractivity contribution >= 4 is 40.0 Å². The number of anilines is 2. The Hall–Kier alpha value is -2.95. The summed E-state index contributed by atoms with van der Waals surface area (Å²) in [5, 5.41) is 19.0. The highest BCUT2D eigenvalue weighted by molar-refractivity contribution is 7.17. The van der Waals surface area contributed by atoms with E-state index in [0.29, 0.717) is 35.4 Å². The summed E-state index contributed by atoms with van der Waals surface area (Å²) in [6, 6.07) is 0.291. The van der Waals surface area contributed by atoms with Crippen LogP contribution in [0.1, 0.15) is 79.2 Å². The van der Waals surface area contributed by atoms with E-state index in [1.165, 1.54) is 17.7 Å². The van der Waals surface area contributed by atoms with Gasteiger partial charge < -0.3 is 20.9 Å². The summed E-state index contributed by atoms with van der Waals surface area (Å²) >= 11 is 1.56. The third-order valence-corrected chi connectivity index (χ3v) is 9.54. The Labute approximate surface area is 220 Å². The fraction of sp³-hybridized carbons (Fsp3) is 0.654. The van der Waals surface area contributed by atoms with Crippen LogP contribution in [0.4, 0.5) is 10.9 Å². The molecule has 3 amide bonds. The number of carbonyl (C=O) groups is 3. The zero-order valence-corrected chi connectivity index (χ0v) is 22.3. The molecule has 10 nitrogen and oxygen atoms in total. The number of thiophene rings is 1. The summed E-state index contributed by atoms with van der Waals surface area (Å²) in [7, 11) is 0. The molecule has 0 aromatic carbocycles. The summed E-state index contributed by atoms with van der Waals surface area (Å²) in [6.45, 7) is 5.11. The van der Waals surface area contributed by atoms with Gasteiger partial charge in [0, 0.05) is 42.9 Å². The number of nitrogens with one attached hydrogen (secondary N) is 3. The largest absolute Gasteiger partial charge is 0.352 e. The van der Waals surface area contributed by atoms with Crippen molar-refractivity contribution in [3.8, 4) is 0 Å². The lowest BCUT2D eigenvalue weighted by molar-refractivity contribution is -0.129. The van der Waals surface area contributed by atoms with E-state index in [0.717, 1.165) is 44.2 Å². The van der Waals surface area contributed by atoms with E-state index in [2.05, 4.69) is 37.6 Å². The topological polar surface area (TPSA) is 121 Å². The third kappa shape index (κ3) is 4.97. The molecule has 198 valence electrons. The van der Waals surface area contributed by atoms with Gasteiger partial charge in [-0.25, -0.2) is 0 Å². The monoisotopic (exact) mass is 525 g/mol. The maximum absolute atomic E-state index is 13.4. The Morgan fingerprint density at radius 1 is 1.14 bits per heavy atom. The van der Waals surface area contributed by atoms with Crippen LogP contribution in [0, 0.1) is 11.8 Å². The molecule has 6 rings (SSSR count). The summed E-state index contributed by atoms with van der Waals surface area (Å²) in [4.78, 5) is 41.0. The fourth-order valence-corrected chi connectivity index (χ4v) is 6.94. The van der Waals surface area contributed by atoms with E-state index in [1.807, 2.05) is 4.90 Å². The second-order valence-electron chi connectivity index (χ2n) is 11.1. The molecule has 37 heavy (non-hydrogen) atoms. The number of nitrogens with zero attached hydrogens (tertiary/aromatic N) is 4. The van der Waals surface area contributed by atoms with Crippen LogP contribution in [0.3, 0.4) is 0 Å². The van der Waals surface area contributed by atoms with Gasteiger partial charge in [-0.3, -0.25) is 19.0 Å². The molecule has 2 unspecified atom stereocenters. The average Bonchev–Trinajstić information content (AvgIpc) is 3.78. The number of aryl methyl sites for hydroxylation is 1. The standard InChI is InChI=1S/C26H35N7O3S/c1-14-20(9-10-32(14)15(2)34)29-26-31-28-13-33(26)18-7-8-21-19(11-18)22(24(36)27-12-16-3-4-16)25(37-21)30-23(35)17-5-6-17/h13-14,16-18,20H,3-12H2,1-2H3,(H,27,36)(H,29,31)(H,30,35)/t14?,18-,20?/m0/s1. The molecule has 0 radical (unpaired) electrons. The van der Waals surface area contributed by atoms with Gasteiger partial charge in [0.15, 0.2) is 0 Å². The minimum Gasteiger partial charge on any atom is -0.352 e. The Balaban J connectivity index is 1.22. The highest BCUT2D eigenvalue weighted by Crippen LogP contribution is 2.43. The maximum atomic E-state index is 13.4. The molecule has 1 saturated heterocycles. The van der Waals surface area contributed by atoms with Crippen molar-refractivity contribution in [2.45, 2.75) is 83.3 Å². The van der Waals surface area contributed by atoms with Crippen LogP contribution in [0.5, 0.6) is 0 Å². The van der Waals surface area contributed by atoms with Crippen molar-refractivity contribution in [3.05, 3.63) is 22.3 Å². The molecule has 2 saturated carbocycles. The predicted molar refractivity (Wildman–Crippen MR) is 141 cm³/mol. The van der Waals surface area contributed by atoms with E-state index in [-0.39, 0.29) is 41.8 Å². The maximum Gasteiger partial charge on any atom is 0.254 e. The smallest absolute Gasteiger partial charge is 0.254 e. The Bertz CT molecular complexity index is 1210. The highest BCUT2D eigenvalue weighted by atomic mass is 32.1. The number of likely N-dealkylation sites (tertiary alicyclic amines) is 1. The van der Waals surface area contributed by atoms with Crippen molar-refractivity contribution in [2.24, 2.45) is 11.8 Å². The summed E-state index contributed by atoms with van der Waals surface area (Å²) in [5.74, 6) is 1.40. The average molecular weight is 526 g/mol. The molecular weight excluding hydrogens is 490 g/mol. The number of amides is 3. The SMILES string of the molecule is CC(=O)N1CCC(Nc2nncn2[C@H]2CCc3sc(NC(=O)C4CC4)c(C(=O)NCC4CC4)c3C2)C1C. The van der Waals surface area contributed by atoms with Crippen LogP contribution in [-0.4, -0.2) is 62.6 Å². The molecule has 3 atom stereocenters. The molecule has 0 spiro atoms. The van der Waals surface area contributed by atoms with E-state index >= 15 is 0 Å². The zero-order valence-electron chi connectivity index (χ0n) is 21.5. The molecule has 1 aliphatic heterocycles. The van der Waals surface area contributed by atoms with Crippen LogP contribution in [0.2, 0.25) is 0 Å². The second-order valence-corrected chi connectivity index (χ2v) is 12.2. The van der Waals surface area contributed by atoms with Gasteiger partial charge in [0.1, 0.15) is 11.3 Å². The van der Waals surface area contributed by atoms with Crippen molar-refractivity contribution in [1.29, 1.82) is 0 Å². The van der Waals surface area contributed by atoms with Crippen LogP contribution < -0.4 is 16.0 Å². The fourth-order valence-electron chi connectivity index (χ4n) is 5.69. The number of hydrogen-bond acceptors (Lipinski definition) is 7. The summed E-state index contributed by atoms with van der Waals surface area (Å²) in [5.41, 5.74) is 1.68. The van der Waals surface area contributed by atoms with Gasteiger partial charge in [0.25, 0.3) is 5.91 Å². The molecular formula is C26H35N7O3S. The Morgan fingerprint density at radius 3 is 2.65 bits per heavy atom. The van der Waals surface area contributed by atoms with E-state index in [4.69, 9.17) is 0 Å². The van der Waals surface area contributed by atoms with Crippen LogP contribution in [0.15, 0.2) is 6.33 Å². The van der Waals surface area contributed by atoms with E-state index in [9.17, 15) is 14.4 Å². The molecule has 2 aromatic heterocycles. The van der Waals surface area contributed by atoms with Crippen LogP contribution in [-0.2, 0) is 22.4 Å². The van der Waals surface area contributed by atoms with Crippen molar-refractivity contribution < 1.29 is 14.4 Å². The molecule has 3 fully saturated rings. The van der Waals surface area contributed by atoms with E-state index < -0.39 is 0 Å². The van der Waals surface area contributed by atoms with Crippen LogP contribution >= 0.6 is 11.3 Å². The van der Waals surface area contributed by atoms with Gasteiger partial charge in [-0.05, 0) is 69.8 Å². The number of fused-ring (bicyclic) bond motifs is 1. The number of rotatable bonds is 8. The summed E-state index contributed by atoms with van der Waals surface area (Å²) in [6.07, 6.45) is 9.24. The normalized spacial score (nSPS) is 25.0. The zero-order chi connectivity index (χ0) is 25.7. The first-order chi connectivity index (χ1) is 17.9. The van der Waals surface area contributed by atoms with Gasteiger partial charge in [-0.1, -0.05) is 0 Å². The predicted octanol–water partition coefficient (Wildman–Crippen LogP) is 2.98. The first-order valence-electron chi connectivity index (χ1n) is 13.6. The number of hydrogen-bond donors (Lipinski definition) is 3. The van der Waals surface area contributed by atoms with Gasteiger partial charge >= 0.3 is 0 Å². The lowest BCUT2D eigenvalue weighted by atomic mass is 9.91. The van der Waals surface area contributed by atoms with Gasteiger partial charge in [-0.15, -0.1) is 21.5 Å². The first kappa shape index (κ1) is 24.4. The van der Waals surface area contributed by atoms with Gasteiger partial charge in [0.05, 0.1) is 11.6 Å². The highest BCUT2D eigenvalue weighted by Gasteiger charge is 2.36. The lowest BCUT2D eigenvalue weighted by Crippen LogP contribution is -2.39. The van der Waals surface area contributed by atoms with Crippen molar-refractivity contribution in [3.63, 3.8) is 0 Å². The Kier molecular flexibility index (Phi) is 6.42. The number of carbonyl (C=O) groups excluding carboxylic acids is 3. The first-order valence-corrected chi connectivity index (χ1v) is 14.4. The molecule has 3 heterocycles. The molecule has 0 bridgehead atoms. The minimum atomic E-state index is -0.0812. The molecule has 11 heteroatoms. The van der Waals surface area contributed by atoms with Gasteiger partial charge in [-0.2, -0.15) is 0 Å². The molecule has 2 aromatic rings. The Morgan fingerprint density at radius 2 is 1.95 bits per heavy atom. The molecule has 4 aliphatic rings. The van der Waals surface area contributed by atoms with Crippen LogP contribution in [0.25, 0.3) is 0 Å². The summed E-state index contributed by atoms with van der Waals surface area (Å²) < 4.78 is 2.08. The van der Waals surface area contributed by atoms with Crippen molar-refractivity contribution in [1.82, 2.24) is 25.0 Å². The lowest BCUT2D eigenvalue weighted by Gasteiger charge is -2.27. The second kappa shape index (κ2) is 9.74. The number of aromatic nitrogens is 3.